The van der Waals surface area contributed by atoms with Crippen molar-refractivity contribution in [1.29, 1.82) is 0 Å². The molecule has 6 rings (SSSR count). The number of nitrogens with zero attached hydrogens (tertiary/aromatic N) is 5. The minimum absolute atomic E-state index is 0.334. The Morgan fingerprint density at radius 2 is 1.80 bits per heavy atom. The molecule has 5 aromatic rings. The maximum Gasteiger partial charge on any atom is 0.172 e. The Bertz CT molecular complexity index is 1500. The SMILES string of the molecule is CN(C)CC1CC(n2ccc3c(Nc4ccc5ccc(-c6ccccc6)nc5c4F)ncnc32)C1. The zero-order valence-electron chi connectivity index (χ0n) is 19.8. The van der Waals surface area contributed by atoms with E-state index < -0.39 is 5.82 Å². The van der Waals surface area contributed by atoms with Gasteiger partial charge in [0, 0.05) is 29.7 Å². The predicted molar refractivity (Wildman–Crippen MR) is 138 cm³/mol. The summed E-state index contributed by atoms with van der Waals surface area (Å²) in [6, 6.07) is 19.7. The zero-order valence-corrected chi connectivity index (χ0v) is 19.8. The summed E-state index contributed by atoms with van der Waals surface area (Å²) in [5, 5.41) is 4.84. The molecule has 1 aliphatic rings. The van der Waals surface area contributed by atoms with Crippen LogP contribution in [0.25, 0.3) is 33.2 Å². The fourth-order valence-electron chi connectivity index (χ4n) is 5.11. The van der Waals surface area contributed by atoms with Gasteiger partial charge in [-0.05, 0) is 51.1 Å². The lowest BCUT2D eigenvalue weighted by Gasteiger charge is -2.38. The first-order chi connectivity index (χ1) is 17.1. The Balaban J connectivity index is 1.31. The van der Waals surface area contributed by atoms with Crippen molar-refractivity contribution in [2.24, 2.45) is 5.92 Å². The molecule has 0 amide bonds. The zero-order chi connectivity index (χ0) is 23.9. The highest BCUT2D eigenvalue weighted by Crippen LogP contribution is 2.40. The number of aromatic nitrogens is 4. The molecule has 7 heteroatoms. The lowest BCUT2D eigenvalue weighted by atomic mass is 9.80. The highest BCUT2D eigenvalue weighted by molar-refractivity contribution is 5.91. The maximum absolute atomic E-state index is 15.6. The van der Waals surface area contributed by atoms with E-state index in [1.165, 1.54) is 0 Å². The molecule has 0 atom stereocenters. The van der Waals surface area contributed by atoms with Crippen molar-refractivity contribution < 1.29 is 4.39 Å². The summed E-state index contributed by atoms with van der Waals surface area (Å²) >= 11 is 0. The number of halogens is 1. The number of anilines is 2. The van der Waals surface area contributed by atoms with Crippen molar-refractivity contribution in [3.05, 3.63) is 79.0 Å². The Morgan fingerprint density at radius 1 is 1.00 bits per heavy atom. The van der Waals surface area contributed by atoms with Crippen LogP contribution in [-0.2, 0) is 0 Å². The Hall–Kier alpha value is -3.84. The monoisotopic (exact) mass is 466 g/mol. The molecule has 35 heavy (non-hydrogen) atoms. The smallest absolute Gasteiger partial charge is 0.172 e. The van der Waals surface area contributed by atoms with Crippen molar-refractivity contribution in [2.45, 2.75) is 18.9 Å². The first-order valence-electron chi connectivity index (χ1n) is 11.9. The van der Waals surface area contributed by atoms with Gasteiger partial charge < -0.3 is 14.8 Å². The van der Waals surface area contributed by atoms with Crippen LogP contribution in [0, 0.1) is 11.7 Å². The van der Waals surface area contributed by atoms with Gasteiger partial charge in [-0.3, -0.25) is 0 Å². The molecule has 176 valence electrons. The van der Waals surface area contributed by atoms with Gasteiger partial charge in [0.1, 0.15) is 23.3 Å². The van der Waals surface area contributed by atoms with E-state index in [2.05, 4.69) is 50.0 Å². The van der Waals surface area contributed by atoms with E-state index in [4.69, 9.17) is 0 Å². The van der Waals surface area contributed by atoms with Crippen LogP contribution < -0.4 is 5.32 Å². The number of hydrogen-bond acceptors (Lipinski definition) is 5. The molecule has 1 N–H and O–H groups in total. The average molecular weight is 467 g/mol. The lowest BCUT2D eigenvalue weighted by molar-refractivity contribution is 0.159. The minimum Gasteiger partial charge on any atom is -0.337 e. The van der Waals surface area contributed by atoms with E-state index in [0.29, 0.717) is 29.0 Å². The molecule has 3 heterocycles. The van der Waals surface area contributed by atoms with Gasteiger partial charge in [0.25, 0.3) is 0 Å². The third kappa shape index (κ3) is 4.02. The highest BCUT2D eigenvalue weighted by atomic mass is 19.1. The number of fused-ring (bicyclic) bond motifs is 2. The number of pyridine rings is 1. The molecular formula is C28H27FN6. The van der Waals surface area contributed by atoms with Crippen molar-refractivity contribution >= 4 is 33.4 Å². The maximum atomic E-state index is 15.6. The van der Waals surface area contributed by atoms with Gasteiger partial charge in [0.15, 0.2) is 5.82 Å². The topological polar surface area (TPSA) is 58.9 Å². The van der Waals surface area contributed by atoms with Gasteiger partial charge in [0.05, 0.1) is 16.8 Å². The number of nitrogens with one attached hydrogen (secondary N) is 1. The van der Waals surface area contributed by atoms with Crippen molar-refractivity contribution in [1.82, 2.24) is 24.4 Å². The third-order valence-electron chi connectivity index (χ3n) is 6.86. The van der Waals surface area contributed by atoms with Crippen LogP contribution in [0.4, 0.5) is 15.9 Å². The molecule has 2 aromatic carbocycles. The molecule has 0 aliphatic heterocycles. The molecule has 0 unspecified atom stereocenters. The summed E-state index contributed by atoms with van der Waals surface area (Å²) in [5.41, 5.74) is 3.25. The molecular weight excluding hydrogens is 439 g/mol. The number of rotatable bonds is 6. The second-order valence-electron chi connectivity index (χ2n) is 9.62. The van der Waals surface area contributed by atoms with Crippen LogP contribution in [0.1, 0.15) is 18.9 Å². The largest absolute Gasteiger partial charge is 0.337 e. The summed E-state index contributed by atoms with van der Waals surface area (Å²) in [4.78, 5) is 15.8. The predicted octanol–water partition coefficient (Wildman–Crippen LogP) is 6.04. The second-order valence-corrected chi connectivity index (χ2v) is 9.62. The molecule has 1 fully saturated rings. The van der Waals surface area contributed by atoms with Gasteiger partial charge >= 0.3 is 0 Å². The summed E-state index contributed by atoms with van der Waals surface area (Å²) in [6.45, 7) is 1.11. The van der Waals surface area contributed by atoms with Crippen molar-refractivity contribution in [3.8, 4) is 11.3 Å². The fraction of sp³-hybridized carbons (Fsp3) is 0.250. The average Bonchev–Trinajstić information content (AvgIpc) is 3.28. The van der Waals surface area contributed by atoms with Crippen LogP contribution in [-0.4, -0.2) is 45.1 Å². The second kappa shape index (κ2) is 8.74. The summed E-state index contributed by atoms with van der Waals surface area (Å²) < 4.78 is 17.9. The first kappa shape index (κ1) is 21.7. The van der Waals surface area contributed by atoms with Gasteiger partial charge in [0.2, 0.25) is 0 Å². The van der Waals surface area contributed by atoms with Crippen LogP contribution in [0.3, 0.4) is 0 Å². The Kier molecular flexibility index (Phi) is 5.41. The summed E-state index contributed by atoms with van der Waals surface area (Å²) in [5.74, 6) is 0.916. The van der Waals surface area contributed by atoms with E-state index in [1.54, 1.807) is 12.4 Å². The van der Waals surface area contributed by atoms with E-state index >= 15 is 4.39 Å². The van der Waals surface area contributed by atoms with Crippen LogP contribution in [0.5, 0.6) is 0 Å². The van der Waals surface area contributed by atoms with E-state index in [1.807, 2.05) is 54.6 Å². The molecule has 0 spiro atoms. The third-order valence-corrected chi connectivity index (χ3v) is 6.86. The van der Waals surface area contributed by atoms with Gasteiger partial charge in [-0.2, -0.15) is 0 Å². The molecule has 1 aliphatic carbocycles. The lowest BCUT2D eigenvalue weighted by Crippen LogP contribution is -2.33. The molecule has 3 aromatic heterocycles. The van der Waals surface area contributed by atoms with Gasteiger partial charge in [-0.25, -0.2) is 19.3 Å². The first-order valence-corrected chi connectivity index (χ1v) is 11.9. The van der Waals surface area contributed by atoms with Crippen LogP contribution in [0.15, 0.2) is 73.2 Å². The highest BCUT2D eigenvalue weighted by Gasteiger charge is 2.31. The Labute approximate surface area is 203 Å². The quantitative estimate of drug-likeness (QED) is 0.331. The number of benzene rings is 2. The van der Waals surface area contributed by atoms with E-state index in [0.717, 1.165) is 47.1 Å². The Morgan fingerprint density at radius 3 is 2.60 bits per heavy atom. The number of hydrogen-bond donors (Lipinski definition) is 1. The van der Waals surface area contributed by atoms with Crippen molar-refractivity contribution in [3.63, 3.8) is 0 Å². The van der Waals surface area contributed by atoms with Crippen molar-refractivity contribution in [2.75, 3.05) is 26.0 Å². The van der Waals surface area contributed by atoms with Crippen LogP contribution >= 0.6 is 0 Å². The van der Waals surface area contributed by atoms with Gasteiger partial charge in [-0.1, -0.05) is 42.5 Å². The summed E-state index contributed by atoms with van der Waals surface area (Å²) in [6.07, 6.45) is 5.90. The van der Waals surface area contributed by atoms with Crippen LogP contribution in [0.2, 0.25) is 0 Å². The fourth-order valence-corrected chi connectivity index (χ4v) is 5.11. The molecule has 1 saturated carbocycles. The van der Waals surface area contributed by atoms with E-state index in [-0.39, 0.29) is 0 Å². The van der Waals surface area contributed by atoms with E-state index in [9.17, 15) is 0 Å². The molecule has 0 radical (unpaired) electrons. The summed E-state index contributed by atoms with van der Waals surface area (Å²) in [7, 11) is 4.24. The standard InChI is InChI=1S/C28H27FN6/c1-34(2)16-18-14-21(15-18)35-13-12-22-27(30-17-31-28(22)35)33-24-11-9-20-8-10-23(32-26(20)25(24)29)19-6-4-3-5-7-19/h3-13,17-18,21H,14-16H2,1-2H3,(H,30,31,33). The molecule has 6 nitrogen and oxygen atoms in total. The minimum atomic E-state index is -0.392. The normalized spacial score (nSPS) is 17.7. The molecule has 0 bridgehead atoms. The molecule has 0 saturated heterocycles. The van der Waals surface area contributed by atoms with Gasteiger partial charge in [-0.15, -0.1) is 0 Å².